The monoisotopic (exact) mass is 309 g/mol. The highest BCUT2D eigenvalue weighted by Gasteiger charge is 2.13. The molecule has 23 heavy (non-hydrogen) atoms. The van der Waals surface area contributed by atoms with E-state index in [1.54, 1.807) is 12.1 Å². The normalized spacial score (nSPS) is 12.3. The molecule has 2 aromatic carbocycles. The summed E-state index contributed by atoms with van der Waals surface area (Å²) in [6.45, 7) is 1.94. The minimum absolute atomic E-state index is 0.0172. The van der Waals surface area contributed by atoms with Crippen molar-refractivity contribution < 1.29 is 9.90 Å². The maximum absolute atomic E-state index is 12.1. The van der Waals surface area contributed by atoms with Gasteiger partial charge >= 0.3 is 0 Å². The van der Waals surface area contributed by atoms with Gasteiger partial charge in [-0.2, -0.15) is 0 Å². The smallest absolute Gasteiger partial charge is 0.227 e. The molecule has 1 unspecified atom stereocenters. The van der Waals surface area contributed by atoms with Gasteiger partial charge in [-0.3, -0.25) is 4.79 Å². The van der Waals surface area contributed by atoms with Crippen molar-refractivity contribution in [3.8, 4) is 0 Å². The summed E-state index contributed by atoms with van der Waals surface area (Å²) >= 11 is 0. The van der Waals surface area contributed by atoms with Crippen molar-refractivity contribution in [2.75, 3.05) is 5.32 Å². The zero-order valence-corrected chi connectivity index (χ0v) is 13.2. The molecule has 0 saturated heterocycles. The third-order valence-corrected chi connectivity index (χ3v) is 3.95. The van der Waals surface area contributed by atoms with E-state index < -0.39 is 6.10 Å². The number of rotatable bonds is 4. The highest BCUT2D eigenvalue weighted by atomic mass is 16.3. The zero-order valence-electron chi connectivity index (χ0n) is 13.2. The number of hydrogen-bond acceptors (Lipinski definition) is 3. The lowest BCUT2D eigenvalue weighted by atomic mass is 10.1. The van der Waals surface area contributed by atoms with Gasteiger partial charge in [-0.15, -0.1) is 0 Å². The van der Waals surface area contributed by atoms with Crippen LogP contribution in [0, 0.1) is 6.92 Å². The molecule has 5 heteroatoms. The number of benzene rings is 2. The first-order valence-corrected chi connectivity index (χ1v) is 7.50. The third kappa shape index (κ3) is 3.24. The van der Waals surface area contributed by atoms with Gasteiger partial charge in [-0.25, -0.2) is 4.98 Å². The van der Waals surface area contributed by atoms with Crippen LogP contribution in [0.25, 0.3) is 11.0 Å². The Bertz CT molecular complexity index is 840. The molecule has 0 aliphatic rings. The quantitative estimate of drug-likeness (QED) is 0.778. The molecular formula is C18H19N3O2. The van der Waals surface area contributed by atoms with Crippen molar-refractivity contribution in [3.05, 3.63) is 59.9 Å². The molecule has 0 spiro atoms. The summed E-state index contributed by atoms with van der Waals surface area (Å²) in [5.41, 5.74) is 3.27. The molecule has 1 aromatic heterocycles. The predicted octanol–water partition coefficient (Wildman–Crippen LogP) is 2.94. The fourth-order valence-electron chi connectivity index (χ4n) is 2.58. The van der Waals surface area contributed by atoms with Crippen LogP contribution in [-0.2, 0) is 11.8 Å². The second kappa shape index (κ2) is 6.22. The summed E-state index contributed by atoms with van der Waals surface area (Å²) < 4.78 is 2.00. The Hall–Kier alpha value is -2.66. The zero-order chi connectivity index (χ0) is 16.4. The van der Waals surface area contributed by atoms with Gasteiger partial charge in [0.15, 0.2) is 0 Å². The van der Waals surface area contributed by atoms with Crippen molar-refractivity contribution in [3.63, 3.8) is 0 Å². The fourth-order valence-corrected chi connectivity index (χ4v) is 2.58. The average Bonchev–Trinajstić information content (AvgIpc) is 2.82. The molecule has 0 aliphatic heterocycles. The molecule has 0 radical (unpaired) electrons. The fraction of sp³-hybridized carbons (Fsp3) is 0.222. The van der Waals surface area contributed by atoms with Gasteiger partial charge in [-0.05, 0) is 30.7 Å². The minimum atomic E-state index is -0.808. The molecule has 0 saturated carbocycles. The van der Waals surface area contributed by atoms with Gasteiger partial charge < -0.3 is 15.0 Å². The molecule has 0 fully saturated rings. The lowest BCUT2D eigenvalue weighted by Crippen LogP contribution is -2.15. The van der Waals surface area contributed by atoms with Crippen LogP contribution >= 0.6 is 0 Å². The number of aromatic nitrogens is 2. The lowest BCUT2D eigenvalue weighted by molar-refractivity contribution is -0.118. The minimum Gasteiger partial charge on any atom is -0.388 e. The molecule has 1 heterocycles. The molecular weight excluding hydrogens is 290 g/mol. The molecule has 0 aliphatic carbocycles. The highest BCUT2D eigenvalue weighted by Crippen LogP contribution is 2.21. The van der Waals surface area contributed by atoms with Crippen LogP contribution in [0.1, 0.15) is 23.9 Å². The standard InChI is InChI=1S/C18H19N3O2/c1-12-19-15-10-14(8-9-16(15)21(12)2)20-18(23)11-17(22)13-6-4-3-5-7-13/h3-10,17,22H,11H2,1-2H3,(H,20,23). The van der Waals surface area contributed by atoms with Gasteiger partial charge in [0.05, 0.1) is 23.6 Å². The van der Waals surface area contributed by atoms with Crippen molar-refractivity contribution in [2.45, 2.75) is 19.4 Å². The summed E-state index contributed by atoms with van der Waals surface area (Å²) in [6.07, 6.45) is -0.791. The van der Waals surface area contributed by atoms with E-state index >= 15 is 0 Å². The number of imidazole rings is 1. The molecule has 1 atom stereocenters. The topological polar surface area (TPSA) is 67.2 Å². The maximum atomic E-state index is 12.1. The summed E-state index contributed by atoms with van der Waals surface area (Å²) in [7, 11) is 1.96. The first-order chi connectivity index (χ1) is 11.0. The number of aliphatic hydroxyl groups excluding tert-OH is 1. The first kappa shape index (κ1) is 15.2. The van der Waals surface area contributed by atoms with E-state index in [-0.39, 0.29) is 12.3 Å². The number of aryl methyl sites for hydroxylation is 2. The molecule has 1 amide bonds. The number of nitrogens with one attached hydrogen (secondary N) is 1. The van der Waals surface area contributed by atoms with E-state index in [0.717, 1.165) is 22.4 Å². The maximum Gasteiger partial charge on any atom is 0.227 e. The van der Waals surface area contributed by atoms with Crippen molar-refractivity contribution in [2.24, 2.45) is 7.05 Å². The number of fused-ring (bicyclic) bond motifs is 1. The van der Waals surface area contributed by atoms with Crippen molar-refractivity contribution in [1.29, 1.82) is 0 Å². The Morgan fingerprint density at radius 3 is 2.74 bits per heavy atom. The summed E-state index contributed by atoms with van der Waals surface area (Å²) in [4.78, 5) is 16.6. The Balaban J connectivity index is 1.70. The Morgan fingerprint density at radius 2 is 2.00 bits per heavy atom. The van der Waals surface area contributed by atoms with E-state index in [1.807, 2.05) is 54.9 Å². The van der Waals surface area contributed by atoms with Gasteiger partial charge in [0.25, 0.3) is 0 Å². The third-order valence-electron chi connectivity index (χ3n) is 3.95. The number of anilines is 1. The molecule has 2 N–H and O–H groups in total. The van der Waals surface area contributed by atoms with E-state index in [2.05, 4.69) is 10.3 Å². The second-order valence-electron chi connectivity index (χ2n) is 5.60. The number of carbonyl (C=O) groups excluding carboxylic acids is 1. The summed E-state index contributed by atoms with van der Waals surface area (Å²) in [5, 5.41) is 12.9. The highest BCUT2D eigenvalue weighted by molar-refractivity contribution is 5.93. The van der Waals surface area contributed by atoms with Crippen LogP contribution in [0.15, 0.2) is 48.5 Å². The van der Waals surface area contributed by atoms with Crippen LogP contribution in [0.5, 0.6) is 0 Å². The molecule has 3 aromatic rings. The first-order valence-electron chi connectivity index (χ1n) is 7.50. The number of amides is 1. The second-order valence-corrected chi connectivity index (χ2v) is 5.60. The van der Waals surface area contributed by atoms with Crippen LogP contribution in [0.3, 0.4) is 0 Å². The Labute approximate surface area is 134 Å². The summed E-state index contributed by atoms with van der Waals surface area (Å²) in [5.74, 6) is 0.691. The molecule has 0 bridgehead atoms. The predicted molar refractivity (Wildman–Crippen MR) is 90.1 cm³/mol. The van der Waals surface area contributed by atoms with Crippen molar-refractivity contribution >= 4 is 22.6 Å². The van der Waals surface area contributed by atoms with Crippen LogP contribution in [0.2, 0.25) is 0 Å². The molecule has 118 valence electrons. The molecule has 3 rings (SSSR count). The van der Waals surface area contributed by atoms with Crippen molar-refractivity contribution in [1.82, 2.24) is 9.55 Å². The summed E-state index contributed by atoms with van der Waals surface area (Å²) in [6, 6.07) is 14.8. The Kier molecular flexibility index (Phi) is 4.12. The van der Waals surface area contributed by atoms with Crippen LogP contribution < -0.4 is 5.32 Å². The largest absolute Gasteiger partial charge is 0.388 e. The van der Waals surface area contributed by atoms with Gasteiger partial charge in [-0.1, -0.05) is 30.3 Å². The number of carbonyl (C=O) groups is 1. The Morgan fingerprint density at radius 1 is 1.26 bits per heavy atom. The SMILES string of the molecule is Cc1nc2cc(NC(=O)CC(O)c3ccccc3)ccc2n1C. The van der Waals surface area contributed by atoms with Crippen LogP contribution in [-0.4, -0.2) is 20.6 Å². The van der Waals surface area contributed by atoms with E-state index in [4.69, 9.17) is 0 Å². The van der Waals surface area contributed by atoms with Gasteiger partial charge in [0.2, 0.25) is 5.91 Å². The number of aliphatic hydroxyl groups is 1. The molecule has 5 nitrogen and oxygen atoms in total. The average molecular weight is 309 g/mol. The van der Waals surface area contributed by atoms with Crippen LogP contribution in [0.4, 0.5) is 5.69 Å². The van der Waals surface area contributed by atoms with E-state index in [9.17, 15) is 9.90 Å². The van der Waals surface area contributed by atoms with Gasteiger partial charge in [0, 0.05) is 12.7 Å². The van der Waals surface area contributed by atoms with E-state index in [0.29, 0.717) is 5.69 Å². The number of hydrogen-bond donors (Lipinski definition) is 2. The lowest BCUT2D eigenvalue weighted by Gasteiger charge is -2.11. The van der Waals surface area contributed by atoms with E-state index in [1.165, 1.54) is 0 Å². The van der Waals surface area contributed by atoms with Gasteiger partial charge in [0.1, 0.15) is 5.82 Å². The number of nitrogens with zero attached hydrogens (tertiary/aromatic N) is 2.